The smallest absolute Gasteiger partial charge is 0.346 e. The molecule has 36 heavy (non-hydrogen) atoms. The van der Waals surface area contributed by atoms with Gasteiger partial charge in [0, 0.05) is 11.1 Å². The zero-order chi connectivity index (χ0) is 25.8. The summed E-state index contributed by atoms with van der Waals surface area (Å²) in [4.78, 5) is 39.3. The molecule has 0 fully saturated rings. The summed E-state index contributed by atoms with van der Waals surface area (Å²) < 4.78 is 16.0. The van der Waals surface area contributed by atoms with E-state index < -0.39 is 23.9 Å². The lowest BCUT2D eigenvalue weighted by atomic mass is 9.91. The third-order valence-corrected chi connectivity index (χ3v) is 6.17. The van der Waals surface area contributed by atoms with E-state index in [0.29, 0.717) is 22.4 Å². The van der Waals surface area contributed by atoms with Crippen molar-refractivity contribution < 1.29 is 28.6 Å². The molecule has 0 aromatic heterocycles. The normalized spacial score (nSPS) is 13.8. The van der Waals surface area contributed by atoms with Gasteiger partial charge in [0.15, 0.2) is 6.04 Å². The molecule has 0 saturated carbocycles. The first-order valence-corrected chi connectivity index (χ1v) is 11.7. The first-order valence-electron chi connectivity index (χ1n) is 11.3. The maximum absolute atomic E-state index is 13.5. The summed E-state index contributed by atoms with van der Waals surface area (Å²) in [6.45, 7) is 3.36. The van der Waals surface area contributed by atoms with Gasteiger partial charge >= 0.3 is 17.9 Å². The first kappa shape index (κ1) is 25.0. The Hall–Kier alpha value is -4.10. The molecule has 0 aliphatic carbocycles. The summed E-state index contributed by atoms with van der Waals surface area (Å²) in [5.41, 5.74) is 2.70. The molecule has 1 N–H and O–H groups in total. The second-order valence-electron chi connectivity index (χ2n) is 7.97. The van der Waals surface area contributed by atoms with Crippen LogP contribution in [0.3, 0.4) is 0 Å². The molecule has 1 aliphatic rings. The average Bonchev–Trinajstić information content (AvgIpc) is 2.88. The summed E-state index contributed by atoms with van der Waals surface area (Å²) in [5, 5.41) is 3.04. The van der Waals surface area contributed by atoms with Gasteiger partial charge in [0.05, 0.1) is 29.9 Å². The second kappa shape index (κ2) is 10.7. The lowest BCUT2D eigenvalue weighted by molar-refractivity contribution is -0.140. The zero-order valence-corrected chi connectivity index (χ0v) is 20.7. The topological polar surface area (TPSA) is 90.9 Å². The highest BCUT2D eigenvalue weighted by Crippen LogP contribution is 2.38. The number of rotatable bonds is 6. The molecule has 0 spiro atoms. The van der Waals surface area contributed by atoms with Gasteiger partial charge in [-0.3, -0.25) is 0 Å². The fourth-order valence-electron chi connectivity index (χ4n) is 4.22. The number of nitrogens with one attached hydrogen (secondary N) is 1. The average molecular weight is 506 g/mol. The summed E-state index contributed by atoms with van der Waals surface area (Å²) in [6.07, 6.45) is 3.46. The van der Waals surface area contributed by atoms with Gasteiger partial charge in [0.2, 0.25) is 0 Å². The third kappa shape index (κ3) is 4.70. The van der Waals surface area contributed by atoms with Gasteiger partial charge in [-0.25, -0.2) is 14.4 Å². The minimum atomic E-state index is -0.922. The van der Waals surface area contributed by atoms with E-state index in [1.165, 1.54) is 13.2 Å². The maximum Gasteiger partial charge on any atom is 0.346 e. The Kier molecular flexibility index (Phi) is 7.41. The van der Waals surface area contributed by atoms with Gasteiger partial charge < -0.3 is 19.5 Å². The van der Waals surface area contributed by atoms with Crippen molar-refractivity contribution in [3.63, 3.8) is 0 Å². The Labute approximate surface area is 213 Å². The molecule has 3 aromatic rings. The number of methoxy groups -OCH3 is 1. The molecule has 4 rings (SSSR count). The molecule has 7 nitrogen and oxygen atoms in total. The summed E-state index contributed by atoms with van der Waals surface area (Å²) in [6, 6.07) is 15.0. The van der Waals surface area contributed by atoms with Gasteiger partial charge in [-0.2, -0.15) is 0 Å². The number of fused-ring (bicyclic) bond motifs is 1. The number of hydrogen-bond donors (Lipinski definition) is 1. The van der Waals surface area contributed by atoms with Crippen LogP contribution < -0.4 is 10.1 Å². The summed E-state index contributed by atoms with van der Waals surface area (Å²) in [7, 11) is 1.50. The fourth-order valence-corrected chi connectivity index (χ4v) is 4.55. The van der Waals surface area contributed by atoms with Crippen LogP contribution in [0.4, 0.5) is 0 Å². The lowest BCUT2D eigenvalue weighted by Crippen LogP contribution is -2.31. The van der Waals surface area contributed by atoms with Crippen LogP contribution in [0.25, 0.3) is 17.2 Å². The molecule has 8 heteroatoms. The minimum Gasteiger partial charge on any atom is -0.496 e. The zero-order valence-electron chi connectivity index (χ0n) is 20.0. The Balaban J connectivity index is 1.80. The van der Waals surface area contributed by atoms with E-state index in [1.54, 1.807) is 56.4 Å². The minimum absolute atomic E-state index is 0.0138. The van der Waals surface area contributed by atoms with Crippen LogP contribution in [0, 0.1) is 6.92 Å². The number of esters is 3. The monoisotopic (exact) mass is 505 g/mol. The highest BCUT2D eigenvalue weighted by atomic mass is 35.5. The van der Waals surface area contributed by atoms with E-state index in [0.717, 1.165) is 5.56 Å². The SMILES string of the molecule is CCOC(=O)c1c(Cl)cc(-c2ccccc2OC)c(C(=O)OC(=O)C2NC=Cc3ccccc32)c1C. The highest BCUT2D eigenvalue weighted by molar-refractivity contribution is 6.34. The Bertz CT molecular complexity index is 1380. The number of halogens is 1. The predicted octanol–water partition coefficient (Wildman–Crippen LogP) is 5.50. The van der Waals surface area contributed by atoms with Gasteiger partial charge in [0.1, 0.15) is 5.75 Å². The van der Waals surface area contributed by atoms with Crippen molar-refractivity contribution in [2.24, 2.45) is 0 Å². The lowest BCUT2D eigenvalue weighted by Gasteiger charge is -2.22. The van der Waals surface area contributed by atoms with Crippen molar-refractivity contribution in [1.29, 1.82) is 0 Å². The van der Waals surface area contributed by atoms with E-state index >= 15 is 0 Å². The van der Waals surface area contributed by atoms with E-state index in [2.05, 4.69) is 5.32 Å². The largest absolute Gasteiger partial charge is 0.496 e. The van der Waals surface area contributed by atoms with Gasteiger partial charge in [-0.1, -0.05) is 54.1 Å². The van der Waals surface area contributed by atoms with Gasteiger partial charge in [0.25, 0.3) is 0 Å². The molecule has 0 radical (unpaired) electrons. The van der Waals surface area contributed by atoms with Crippen LogP contribution in [0.15, 0.2) is 60.8 Å². The molecule has 184 valence electrons. The van der Waals surface area contributed by atoms with Crippen molar-refractivity contribution in [3.05, 3.63) is 93.6 Å². The molecule has 0 amide bonds. The highest BCUT2D eigenvalue weighted by Gasteiger charge is 2.31. The van der Waals surface area contributed by atoms with Gasteiger partial charge in [-0.05, 0) is 54.9 Å². The molecular formula is C28H24ClNO6. The Morgan fingerprint density at radius 3 is 2.44 bits per heavy atom. The number of benzene rings is 3. The van der Waals surface area contributed by atoms with Crippen LogP contribution >= 0.6 is 11.6 Å². The van der Waals surface area contributed by atoms with Crippen molar-refractivity contribution in [2.75, 3.05) is 13.7 Å². The van der Waals surface area contributed by atoms with Crippen LogP contribution in [0.5, 0.6) is 5.75 Å². The number of para-hydroxylation sites is 1. The first-order chi connectivity index (χ1) is 17.4. The van der Waals surface area contributed by atoms with E-state index in [9.17, 15) is 14.4 Å². The number of ether oxygens (including phenoxy) is 3. The van der Waals surface area contributed by atoms with Crippen LogP contribution in [-0.2, 0) is 14.3 Å². The molecule has 0 bridgehead atoms. The second-order valence-corrected chi connectivity index (χ2v) is 8.38. The molecule has 1 aliphatic heterocycles. The van der Waals surface area contributed by atoms with Crippen molar-refractivity contribution >= 4 is 35.6 Å². The third-order valence-electron chi connectivity index (χ3n) is 5.87. The summed E-state index contributed by atoms with van der Waals surface area (Å²) in [5.74, 6) is -1.91. The predicted molar refractivity (Wildman–Crippen MR) is 136 cm³/mol. The molecule has 0 saturated heterocycles. The fraction of sp³-hybridized carbons (Fsp3) is 0.179. The molecule has 1 unspecified atom stereocenters. The number of hydrogen-bond acceptors (Lipinski definition) is 7. The van der Waals surface area contributed by atoms with E-state index in [-0.39, 0.29) is 28.3 Å². The van der Waals surface area contributed by atoms with E-state index in [4.69, 9.17) is 25.8 Å². The Morgan fingerprint density at radius 2 is 1.69 bits per heavy atom. The Morgan fingerprint density at radius 1 is 0.972 bits per heavy atom. The molecule has 3 aromatic carbocycles. The van der Waals surface area contributed by atoms with Crippen molar-refractivity contribution in [1.82, 2.24) is 5.32 Å². The molecule has 1 heterocycles. The van der Waals surface area contributed by atoms with Crippen molar-refractivity contribution in [3.8, 4) is 16.9 Å². The number of carbonyl (C=O) groups excluding carboxylic acids is 3. The van der Waals surface area contributed by atoms with Crippen LogP contribution in [-0.4, -0.2) is 31.6 Å². The maximum atomic E-state index is 13.5. The van der Waals surface area contributed by atoms with Gasteiger partial charge in [-0.15, -0.1) is 0 Å². The van der Waals surface area contributed by atoms with Crippen LogP contribution in [0.1, 0.15) is 50.4 Å². The van der Waals surface area contributed by atoms with Crippen LogP contribution in [0.2, 0.25) is 5.02 Å². The van der Waals surface area contributed by atoms with E-state index in [1.807, 2.05) is 18.2 Å². The standard InChI is InChI=1S/C28H24ClNO6/c1-4-35-26(31)24-16(2)23(20(15-21(24)29)19-11-7-8-12-22(19)34-3)27(32)36-28(33)25-18-10-6-5-9-17(18)13-14-30-25/h5-15,25,30H,4H2,1-3H3. The summed E-state index contributed by atoms with van der Waals surface area (Å²) >= 11 is 6.49. The molecular weight excluding hydrogens is 482 g/mol. The number of carbonyl (C=O) groups is 3. The molecule has 1 atom stereocenters. The quantitative estimate of drug-likeness (QED) is 0.349. The van der Waals surface area contributed by atoms with Crippen molar-refractivity contribution in [2.45, 2.75) is 19.9 Å².